The molecule has 0 unspecified atom stereocenters. The fourth-order valence-electron chi connectivity index (χ4n) is 5.70. The molecule has 1 aromatic heterocycles. The SMILES string of the molecule is Cc1cc(C(=O)N2C[C@@H](c3ccc4c(c3)OCO4)[C@@H]3[C@H]2C2CCN3CC2)on1. The minimum absolute atomic E-state index is 0.0346. The van der Waals surface area contributed by atoms with Crippen molar-refractivity contribution < 1.29 is 18.8 Å². The van der Waals surface area contributed by atoms with Crippen LogP contribution in [0.15, 0.2) is 28.8 Å². The number of hydrogen-bond donors (Lipinski definition) is 0. The molecule has 7 rings (SSSR count). The lowest BCUT2D eigenvalue weighted by Crippen LogP contribution is -2.60. The Morgan fingerprint density at radius 1 is 1.11 bits per heavy atom. The second-order valence-corrected chi connectivity index (χ2v) is 8.36. The van der Waals surface area contributed by atoms with Crippen LogP contribution < -0.4 is 9.47 Å². The van der Waals surface area contributed by atoms with E-state index in [0.717, 1.165) is 43.1 Å². The Morgan fingerprint density at radius 3 is 2.71 bits per heavy atom. The van der Waals surface area contributed by atoms with Gasteiger partial charge in [-0.2, -0.15) is 0 Å². The molecule has 0 radical (unpaired) electrons. The molecule has 0 N–H and O–H groups in total. The number of ether oxygens (including phenoxy) is 2. The van der Waals surface area contributed by atoms with Gasteiger partial charge in [0, 0.05) is 24.6 Å². The van der Waals surface area contributed by atoms with Gasteiger partial charge in [0.1, 0.15) is 0 Å². The molecule has 2 aromatic rings. The summed E-state index contributed by atoms with van der Waals surface area (Å²) in [5.74, 6) is 2.73. The number of likely N-dealkylation sites (tertiary alicyclic amines) is 1. The van der Waals surface area contributed by atoms with Crippen molar-refractivity contribution in [2.75, 3.05) is 26.4 Å². The number of aryl methyl sites for hydroxylation is 1. The van der Waals surface area contributed by atoms with Crippen molar-refractivity contribution in [3.05, 3.63) is 41.3 Å². The number of carbonyl (C=O) groups is 1. The van der Waals surface area contributed by atoms with Crippen molar-refractivity contribution in [1.29, 1.82) is 0 Å². The minimum Gasteiger partial charge on any atom is -0.454 e. The molecule has 6 heterocycles. The number of amides is 1. The topological polar surface area (TPSA) is 68.0 Å². The fourth-order valence-corrected chi connectivity index (χ4v) is 5.70. The highest BCUT2D eigenvalue weighted by molar-refractivity contribution is 5.92. The third-order valence-electron chi connectivity index (χ3n) is 6.92. The maximum absolute atomic E-state index is 13.3. The average molecular weight is 381 g/mol. The minimum atomic E-state index is -0.0346. The molecule has 4 saturated heterocycles. The zero-order valence-electron chi connectivity index (χ0n) is 15.8. The largest absolute Gasteiger partial charge is 0.454 e. The van der Waals surface area contributed by atoms with Gasteiger partial charge >= 0.3 is 0 Å². The molecule has 5 aliphatic heterocycles. The van der Waals surface area contributed by atoms with E-state index in [1.807, 2.05) is 13.0 Å². The van der Waals surface area contributed by atoms with E-state index in [0.29, 0.717) is 24.3 Å². The first-order chi connectivity index (χ1) is 13.7. The van der Waals surface area contributed by atoms with Gasteiger partial charge in [0.05, 0.1) is 11.7 Å². The zero-order valence-corrected chi connectivity index (χ0v) is 15.8. The number of benzene rings is 1. The lowest BCUT2D eigenvalue weighted by molar-refractivity contribution is -0.00452. The standard InChI is InChI=1S/C21H23N3O4/c1-12-8-18(28-22-12)21(25)24-10-15(14-2-3-16-17(9-14)27-11-26-16)20-19(24)13-4-6-23(20)7-5-13/h2-3,8-9,13,15,19-20H,4-7,10-11H2,1H3/t15-,19+,20+/m0/s1. The molecule has 7 nitrogen and oxygen atoms in total. The molecule has 0 aliphatic carbocycles. The van der Waals surface area contributed by atoms with Crippen molar-refractivity contribution in [3.8, 4) is 11.5 Å². The normalized spacial score (nSPS) is 32.6. The third kappa shape index (κ3) is 2.32. The van der Waals surface area contributed by atoms with Gasteiger partial charge in [-0.05, 0) is 56.5 Å². The third-order valence-corrected chi connectivity index (χ3v) is 6.92. The summed E-state index contributed by atoms with van der Waals surface area (Å²) in [5.41, 5.74) is 1.95. The highest BCUT2D eigenvalue weighted by Crippen LogP contribution is 2.48. The van der Waals surface area contributed by atoms with Gasteiger partial charge in [-0.15, -0.1) is 0 Å². The van der Waals surface area contributed by atoms with Gasteiger partial charge in [0.15, 0.2) is 11.5 Å². The quantitative estimate of drug-likeness (QED) is 0.796. The molecule has 4 fully saturated rings. The van der Waals surface area contributed by atoms with E-state index >= 15 is 0 Å². The number of piperidine rings is 3. The summed E-state index contributed by atoms with van der Waals surface area (Å²) in [6.45, 7) is 5.06. The molecule has 2 bridgehead atoms. The molecule has 1 aromatic carbocycles. The van der Waals surface area contributed by atoms with E-state index in [2.05, 4.69) is 27.1 Å². The molecule has 3 atom stereocenters. The van der Waals surface area contributed by atoms with Crippen molar-refractivity contribution >= 4 is 5.91 Å². The lowest BCUT2D eigenvalue weighted by atomic mass is 9.75. The zero-order chi connectivity index (χ0) is 18.8. The maximum atomic E-state index is 13.3. The number of aromatic nitrogens is 1. The second kappa shape index (κ2) is 5.98. The Hall–Kier alpha value is -2.54. The van der Waals surface area contributed by atoms with E-state index in [9.17, 15) is 4.79 Å². The summed E-state index contributed by atoms with van der Waals surface area (Å²) >= 11 is 0. The van der Waals surface area contributed by atoms with Gasteiger partial charge in [0.2, 0.25) is 12.6 Å². The Labute approximate surface area is 163 Å². The highest BCUT2D eigenvalue weighted by atomic mass is 16.7. The Bertz CT molecular complexity index is 933. The van der Waals surface area contributed by atoms with Crippen LogP contribution in [-0.2, 0) is 0 Å². The Morgan fingerprint density at radius 2 is 1.93 bits per heavy atom. The fraction of sp³-hybridized carbons (Fsp3) is 0.524. The van der Waals surface area contributed by atoms with E-state index in [-0.39, 0.29) is 24.7 Å². The molecule has 146 valence electrons. The Kier molecular flexibility index (Phi) is 3.50. The summed E-state index contributed by atoms with van der Waals surface area (Å²) in [7, 11) is 0. The van der Waals surface area contributed by atoms with Crippen LogP contribution >= 0.6 is 0 Å². The van der Waals surface area contributed by atoms with Gasteiger partial charge in [-0.25, -0.2) is 0 Å². The summed E-state index contributed by atoms with van der Waals surface area (Å²) in [5, 5.41) is 3.91. The highest BCUT2D eigenvalue weighted by Gasteiger charge is 2.55. The predicted molar refractivity (Wildman–Crippen MR) is 99.5 cm³/mol. The van der Waals surface area contributed by atoms with Gasteiger partial charge in [-0.1, -0.05) is 11.2 Å². The molecule has 28 heavy (non-hydrogen) atoms. The average Bonchev–Trinajstić information content (AvgIpc) is 3.46. The van der Waals surface area contributed by atoms with Crippen LogP contribution in [0.5, 0.6) is 11.5 Å². The van der Waals surface area contributed by atoms with E-state index in [4.69, 9.17) is 14.0 Å². The second-order valence-electron chi connectivity index (χ2n) is 8.36. The summed E-state index contributed by atoms with van der Waals surface area (Å²) in [6, 6.07) is 8.54. The number of hydrogen-bond acceptors (Lipinski definition) is 6. The first-order valence-corrected chi connectivity index (χ1v) is 10.1. The Balaban J connectivity index is 1.38. The van der Waals surface area contributed by atoms with E-state index in [1.54, 1.807) is 6.07 Å². The maximum Gasteiger partial charge on any atom is 0.292 e. The van der Waals surface area contributed by atoms with Crippen LogP contribution in [0.25, 0.3) is 0 Å². The van der Waals surface area contributed by atoms with E-state index < -0.39 is 0 Å². The summed E-state index contributed by atoms with van der Waals surface area (Å²) in [6.07, 6.45) is 2.32. The van der Waals surface area contributed by atoms with Crippen molar-refractivity contribution in [2.45, 2.75) is 37.8 Å². The molecule has 5 aliphatic rings. The molecule has 1 amide bonds. The van der Waals surface area contributed by atoms with E-state index in [1.165, 1.54) is 5.56 Å². The summed E-state index contributed by atoms with van der Waals surface area (Å²) in [4.78, 5) is 17.9. The number of fused-ring (bicyclic) bond motifs is 3. The van der Waals surface area contributed by atoms with Crippen LogP contribution in [0.2, 0.25) is 0 Å². The first-order valence-electron chi connectivity index (χ1n) is 10.1. The smallest absolute Gasteiger partial charge is 0.292 e. The molecular weight excluding hydrogens is 358 g/mol. The number of rotatable bonds is 2. The van der Waals surface area contributed by atoms with Crippen LogP contribution in [0, 0.1) is 12.8 Å². The van der Waals surface area contributed by atoms with Crippen LogP contribution in [0.1, 0.15) is 40.6 Å². The molecule has 0 spiro atoms. The van der Waals surface area contributed by atoms with Gasteiger partial charge in [-0.3, -0.25) is 9.69 Å². The van der Waals surface area contributed by atoms with Gasteiger partial charge in [0.25, 0.3) is 5.91 Å². The number of nitrogens with zero attached hydrogens (tertiary/aromatic N) is 3. The predicted octanol–water partition coefficient (Wildman–Crippen LogP) is 2.41. The first kappa shape index (κ1) is 16.4. The van der Waals surface area contributed by atoms with Crippen molar-refractivity contribution in [3.63, 3.8) is 0 Å². The van der Waals surface area contributed by atoms with Crippen LogP contribution in [0.4, 0.5) is 0 Å². The molecular formula is C21H23N3O4. The van der Waals surface area contributed by atoms with Gasteiger partial charge < -0.3 is 18.9 Å². The molecule has 0 saturated carbocycles. The monoisotopic (exact) mass is 381 g/mol. The van der Waals surface area contributed by atoms with Crippen LogP contribution in [-0.4, -0.2) is 59.4 Å². The number of carbonyl (C=O) groups excluding carboxylic acids is 1. The van der Waals surface area contributed by atoms with Crippen LogP contribution in [0.3, 0.4) is 0 Å². The van der Waals surface area contributed by atoms with Crippen molar-refractivity contribution in [1.82, 2.24) is 15.0 Å². The molecule has 7 heteroatoms. The summed E-state index contributed by atoms with van der Waals surface area (Å²) < 4.78 is 16.4. The lowest BCUT2D eigenvalue weighted by Gasteiger charge is -2.51. The van der Waals surface area contributed by atoms with Crippen molar-refractivity contribution in [2.24, 2.45) is 5.92 Å².